The van der Waals surface area contributed by atoms with Gasteiger partial charge in [0.1, 0.15) is 0 Å². The molecule has 8 nitrogen and oxygen atoms in total. The van der Waals surface area contributed by atoms with Crippen LogP contribution in [0.3, 0.4) is 0 Å². The normalized spacial score (nSPS) is 16.2. The highest BCUT2D eigenvalue weighted by Crippen LogP contribution is 2.36. The van der Waals surface area contributed by atoms with Crippen LogP contribution in [-0.2, 0) is 11.2 Å². The van der Waals surface area contributed by atoms with E-state index in [-0.39, 0.29) is 18.0 Å². The molecular weight excluding hydrogens is 370 g/mol. The second-order valence-corrected chi connectivity index (χ2v) is 7.27. The zero-order valence-electron chi connectivity index (χ0n) is 14.6. The Kier molecular flexibility index (Phi) is 5.80. The van der Waals surface area contributed by atoms with Gasteiger partial charge in [0.05, 0.1) is 24.4 Å². The first kappa shape index (κ1) is 19.0. The van der Waals surface area contributed by atoms with Crippen LogP contribution in [0.4, 0.5) is 0 Å². The molecule has 9 heteroatoms. The van der Waals surface area contributed by atoms with Gasteiger partial charge >= 0.3 is 5.97 Å². The lowest BCUT2D eigenvalue weighted by Crippen LogP contribution is -2.20. The smallest absolute Gasteiger partial charge is 0.309 e. The van der Waals surface area contributed by atoms with Crippen LogP contribution in [0.1, 0.15) is 43.4 Å². The van der Waals surface area contributed by atoms with E-state index in [1.54, 1.807) is 5.38 Å². The summed E-state index contributed by atoms with van der Waals surface area (Å²) in [6.45, 7) is 0. The Hall–Kier alpha value is -2.81. The molecule has 1 saturated carbocycles. The molecule has 0 aliphatic heterocycles. The summed E-state index contributed by atoms with van der Waals surface area (Å²) in [4.78, 5) is 16.5. The van der Waals surface area contributed by atoms with E-state index in [1.807, 2.05) is 0 Å². The monoisotopic (exact) mass is 391 g/mol. The van der Waals surface area contributed by atoms with Crippen LogP contribution in [-0.4, -0.2) is 43.3 Å². The molecule has 0 bridgehead atoms. The third kappa shape index (κ3) is 4.48. The molecule has 1 aliphatic rings. The van der Waals surface area contributed by atoms with Crippen LogP contribution < -0.4 is 4.80 Å². The molecule has 1 aromatic carbocycles. The molecule has 1 aliphatic carbocycles. The fourth-order valence-corrected chi connectivity index (χ4v) is 3.90. The predicted molar refractivity (Wildman–Crippen MR) is 101 cm³/mol. The Morgan fingerprint density at radius 2 is 1.93 bits per heavy atom. The number of carbonyl (C=O) groups is 1. The molecule has 3 rings (SSSR count). The molecule has 1 fully saturated rings. The first-order valence-electron chi connectivity index (χ1n) is 8.69. The van der Waals surface area contributed by atoms with Gasteiger partial charge in [-0.05, 0) is 25.0 Å². The van der Waals surface area contributed by atoms with E-state index in [1.165, 1.54) is 40.8 Å². The zero-order valence-corrected chi connectivity index (χ0v) is 15.4. The molecule has 27 heavy (non-hydrogen) atoms. The van der Waals surface area contributed by atoms with Crippen LogP contribution in [0.5, 0.6) is 17.2 Å². The van der Waals surface area contributed by atoms with Crippen molar-refractivity contribution in [2.45, 2.75) is 44.6 Å². The molecule has 0 saturated heterocycles. The molecule has 0 spiro atoms. The largest absolute Gasteiger partial charge is 0.504 e. The van der Waals surface area contributed by atoms with Gasteiger partial charge in [-0.2, -0.15) is 5.10 Å². The average molecular weight is 391 g/mol. The van der Waals surface area contributed by atoms with Crippen LogP contribution >= 0.6 is 11.3 Å². The van der Waals surface area contributed by atoms with Gasteiger partial charge in [0.15, 0.2) is 11.5 Å². The number of carboxylic acid groups (broad SMARTS) is 1. The summed E-state index contributed by atoms with van der Waals surface area (Å²) in [6, 6.07) is 2.83. The number of aliphatic carboxylic acids is 1. The topological polar surface area (TPSA) is 128 Å². The SMILES string of the molecule is O=C(O)Cc1csc(=NC2CCCCC2)n1/N=C/c1ccc(O)c(O)c1O. The number of phenolic OH excluding ortho intramolecular Hbond substituents is 3. The lowest BCUT2D eigenvalue weighted by atomic mass is 9.96. The molecule has 0 atom stereocenters. The Balaban J connectivity index is 1.99. The summed E-state index contributed by atoms with van der Waals surface area (Å²) in [6.07, 6.45) is 6.57. The van der Waals surface area contributed by atoms with Crippen molar-refractivity contribution >= 4 is 23.5 Å². The highest BCUT2D eigenvalue weighted by Gasteiger charge is 2.15. The van der Waals surface area contributed by atoms with Gasteiger partial charge in [0.2, 0.25) is 10.6 Å². The molecule has 0 unspecified atom stereocenters. The van der Waals surface area contributed by atoms with Crippen molar-refractivity contribution in [3.05, 3.63) is 33.6 Å². The third-order valence-electron chi connectivity index (χ3n) is 4.43. The van der Waals surface area contributed by atoms with E-state index in [2.05, 4.69) is 5.10 Å². The number of rotatable bonds is 5. The minimum absolute atomic E-state index is 0.189. The molecule has 144 valence electrons. The van der Waals surface area contributed by atoms with Gasteiger partial charge < -0.3 is 20.4 Å². The molecule has 2 aromatic rings. The highest BCUT2D eigenvalue weighted by molar-refractivity contribution is 7.07. The fraction of sp³-hybridized carbons (Fsp3) is 0.389. The van der Waals surface area contributed by atoms with Gasteiger partial charge in [-0.1, -0.05) is 19.3 Å². The van der Waals surface area contributed by atoms with Crippen molar-refractivity contribution in [1.82, 2.24) is 4.68 Å². The highest BCUT2D eigenvalue weighted by atomic mass is 32.1. The van der Waals surface area contributed by atoms with Gasteiger partial charge in [-0.25, -0.2) is 4.68 Å². The summed E-state index contributed by atoms with van der Waals surface area (Å²) in [5, 5.41) is 44.1. The molecule has 4 N–H and O–H groups in total. The minimum Gasteiger partial charge on any atom is -0.504 e. The van der Waals surface area contributed by atoms with Crippen LogP contribution in [0.25, 0.3) is 0 Å². The standard InChI is InChI=1S/C18H21N3O5S/c22-14-7-6-11(16(25)17(14)26)9-19-21-13(8-15(23)24)10-27-18(21)20-12-4-2-1-3-5-12/h6-7,9-10,12,22,25-26H,1-5,8H2,(H,23,24)/b19-9+,20-18?. The molecular formula is C18H21N3O5S. The van der Waals surface area contributed by atoms with E-state index in [0.717, 1.165) is 25.7 Å². The van der Waals surface area contributed by atoms with Crippen molar-refractivity contribution in [1.29, 1.82) is 0 Å². The lowest BCUT2D eigenvalue weighted by molar-refractivity contribution is -0.136. The number of hydrogen-bond acceptors (Lipinski definition) is 7. The second kappa shape index (κ2) is 8.26. The zero-order chi connectivity index (χ0) is 19.4. The first-order chi connectivity index (χ1) is 13.0. The van der Waals surface area contributed by atoms with Crippen molar-refractivity contribution in [2.75, 3.05) is 0 Å². The number of carboxylic acids is 1. The van der Waals surface area contributed by atoms with E-state index in [4.69, 9.17) is 10.1 Å². The Morgan fingerprint density at radius 3 is 2.63 bits per heavy atom. The van der Waals surface area contributed by atoms with Gasteiger partial charge in [-0.15, -0.1) is 11.3 Å². The fourth-order valence-electron chi connectivity index (χ4n) is 3.00. The summed E-state index contributed by atoms with van der Waals surface area (Å²) < 4.78 is 1.46. The predicted octanol–water partition coefficient (Wildman–Crippen LogP) is 2.41. The van der Waals surface area contributed by atoms with Crippen LogP contribution in [0.2, 0.25) is 0 Å². The Bertz CT molecular complexity index is 926. The maximum atomic E-state index is 11.1. The summed E-state index contributed by atoms with van der Waals surface area (Å²) >= 11 is 1.32. The number of benzene rings is 1. The maximum absolute atomic E-state index is 11.1. The van der Waals surface area contributed by atoms with E-state index in [9.17, 15) is 20.1 Å². The first-order valence-corrected chi connectivity index (χ1v) is 9.57. The maximum Gasteiger partial charge on any atom is 0.309 e. The van der Waals surface area contributed by atoms with Gasteiger partial charge in [0, 0.05) is 10.9 Å². The number of nitrogens with zero attached hydrogens (tertiary/aromatic N) is 3. The second-order valence-electron chi connectivity index (χ2n) is 6.43. The Morgan fingerprint density at radius 1 is 1.19 bits per heavy atom. The van der Waals surface area contributed by atoms with E-state index < -0.39 is 23.2 Å². The molecule has 1 heterocycles. The summed E-state index contributed by atoms with van der Waals surface area (Å²) in [5.41, 5.74) is 0.662. The van der Waals surface area contributed by atoms with Crippen molar-refractivity contribution in [3.8, 4) is 17.2 Å². The number of thiazole rings is 1. The summed E-state index contributed by atoms with van der Waals surface area (Å²) in [7, 11) is 0. The van der Waals surface area contributed by atoms with E-state index >= 15 is 0 Å². The van der Waals surface area contributed by atoms with Crippen molar-refractivity contribution in [2.24, 2.45) is 10.1 Å². The number of aromatic hydroxyl groups is 3. The minimum atomic E-state index is -0.980. The molecule has 1 aromatic heterocycles. The van der Waals surface area contributed by atoms with Crippen LogP contribution in [0.15, 0.2) is 27.6 Å². The number of hydrogen-bond donors (Lipinski definition) is 4. The third-order valence-corrected chi connectivity index (χ3v) is 5.31. The van der Waals surface area contributed by atoms with Crippen molar-refractivity contribution < 1.29 is 25.2 Å². The molecule has 0 amide bonds. The molecule has 0 radical (unpaired) electrons. The summed E-state index contributed by atoms with van der Waals surface area (Å²) in [5.74, 6) is -2.55. The van der Waals surface area contributed by atoms with Gasteiger partial charge in [0.25, 0.3) is 0 Å². The lowest BCUT2D eigenvalue weighted by Gasteiger charge is -2.16. The number of aromatic nitrogens is 1. The van der Waals surface area contributed by atoms with Gasteiger partial charge in [-0.3, -0.25) is 9.79 Å². The van der Waals surface area contributed by atoms with Crippen molar-refractivity contribution in [3.63, 3.8) is 0 Å². The quantitative estimate of drug-likeness (QED) is 0.460. The Labute approximate surface area is 159 Å². The van der Waals surface area contributed by atoms with E-state index in [0.29, 0.717) is 10.5 Å². The van der Waals surface area contributed by atoms with Crippen LogP contribution in [0, 0.1) is 0 Å². The average Bonchev–Trinajstić information content (AvgIpc) is 3.01. The number of phenols is 3.